The van der Waals surface area contributed by atoms with Crippen LogP contribution >= 0.6 is 0 Å². The van der Waals surface area contributed by atoms with E-state index in [0.717, 1.165) is 5.39 Å². The van der Waals surface area contributed by atoms with Gasteiger partial charge in [-0.05, 0) is 18.2 Å². The number of carboxylic acid groups (broad SMARTS) is 1. The Kier molecular flexibility index (Phi) is 2.58. The molecule has 0 bridgehead atoms. The van der Waals surface area contributed by atoms with Crippen molar-refractivity contribution in [2.75, 3.05) is 13.1 Å². The number of H-pyrrole nitrogens is 1. The molecule has 2 N–H and O–H groups in total. The molecule has 0 saturated carbocycles. The molecule has 1 saturated heterocycles. The smallest absolute Gasteiger partial charge is 0.309 e. The zero-order valence-corrected chi connectivity index (χ0v) is 10.6. The van der Waals surface area contributed by atoms with Gasteiger partial charge in [0.25, 0.3) is 0 Å². The van der Waals surface area contributed by atoms with E-state index in [0.29, 0.717) is 5.52 Å². The predicted molar refractivity (Wildman–Crippen MR) is 66.0 cm³/mol. The van der Waals surface area contributed by atoms with Crippen molar-refractivity contribution >= 4 is 26.9 Å². The first-order valence-corrected chi connectivity index (χ1v) is 7.08. The number of sulfonamides is 1. The molecule has 7 nitrogen and oxygen atoms in total. The number of rotatable bonds is 3. The molecule has 0 aliphatic carbocycles. The van der Waals surface area contributed by atoms with Crippen LogP contribution in [0.2, 0.25) is 0 Å². The first-order chi connectivity index (χ1) is 8.98. The predicted octanol–water partition coefficient (Wildman–Crippen LogP) is 0.268. The summed E-state index contributed by atoms with van der Waals surface area (Å²) in [6.07, 6.45) is 1.61. The van der Waals surface area contributed by atoms with Crippen LogP contribution in [0, 0.1) is 5.92 Å². The molecule has 1 aromatic carbocycles. The van der Waals surface area contributed by atoms with E-state index in [1.807, 2.05) is 0 Å². The number of benzene rings is 1. The molecular weight excluding hydrogens is 270 g/mol. The summed E-state index contributed by atoms with van der Waals surface area (Å²) >= 11 is 0. The molecule has 8 heteroatoms. The normalized spacial score (nSPS) is 17.5. The molecule has 1 aromatic heterocycles. The number of aliphatic carboxylic acids is 1. The minimum atomic E-state index is -3.62. The minimum absolute atomic E-state index is 0.0265. The lowest BCUT2D eigenvalue weighted by atomic mass is 10.0. The Bertz CT molecular complexity index is 746. The van der Waals surface area contributed by atoms with Gasteiger partial charge in [-0.15, -0.1) is 0 Å². The van der Waals surface area contributed by atoms with Gasteiger partial charge in [-0.2, -0.15) is 9.40 Å². The molecule has 0 radical (unpaired) electrons. The van der Waals surface area contributed by atoms with E-state index in [4.69, 9.17) is 5.11 Å². The molecule has 0 amide bonds. The van der Waals surface area contributed by atoms with Gasteiger partial charge < -0.3 is 5.11 Å². The maximum atomic E-state index is 12.2. The van der Waals surface area contributed by atoms with Gasteiger partial charge in [0.15, 0.2) is 0 Å². The summed E-state index contributed by atoms with van der Waals surface area (Å²) < 4.78 is 25.7. The van der Waals surface area contributed by atoms with E-state index in [1.54, 1.807) is 12.3 Å². The van der Waals surface area contributed by atoms with Gasteiger partial charge in [0.2, 0.25) is 10.0 Å². The van der Waals surface area contributed by atoms with Gasteiger partial charge in [-0.3, -0.25) is 9.89 Å². The zero-order valence-electron chi connectivity index (χ0n) is 9.78. The number of hydrogen-bond acceptors (Lipinski definition) is 4. The molecular formula is C11H11N3O4S. The summed E-state index contributed by atoms with van der Waals surface area (Å²) in [4.78, 5) is 10.8. The standard InChI is InChI=1S/C11H11N3O4S/c15-11(16)8-5-14(6-8)19(17,18)9-2-1-7-4-12-13-10(7)3-9/h1-4,8H,5-6H2,(H,12,13)(H,15,16). The maximum Gasteiger partial charge on any atom is 0.309 e. The molecule has 0 unspecified atom stereocenters. The van der Waals surface area contributed by atoms with Crippen LogP contribution in [-0.2, 0) is 14.8 Å². The van der Waals surface area contributed by atoms with Crippen LogP contribution < -0.4 is 0 Å². The summed E-state index contributed by atoms with van der Waals surface area (Å²) in [6.45, 7) is 0.0529. The molecule has 0 atom stereocenters. The first kappa shape index (κ1) is 12.1. The number of fused-ring (bicyclic) bond motifs is 1. The lowest BCUT2D eigenvalue weighted by Gasteiger charge is -2.35. The summed E-state index contributed by atoms with van der Waals surface area (Å²) in [7, 11) is -3.62. The van der Waals surface area contributed by atoms with E-state index in [-0.39, 0.29) is 18.0 Å². The fourth-order valence-corrected chi connectivity index (χ4v) is 3.57. The van der Waals surface area contributed by atoms with E-state index in [9.17, 15) is 13.2 Å². The lowest BCUT2D eigenvalue weighted by molar-refractivity contribution is -0.145. The van der Waals surface area contributed by atoms with Crippen molar-refractivity contribution in [1.29, 1.82) is 0 Å². The molecule has 2 aromatic rings. The highest BCUT2D eigenvalue weighted by Gasteiger charge is 2.40. The molecule has 19 heavy (non-hydrogen) atoms. The average molecular weight is 281 g/mol. The van der Waals surface area contributed by atoms with Crippen molar-refractivity contribution in [1.82, 2.24) is 14.5 Å². The van der Waals surface area contributed by atoms with Crippen LogP contribution in [0.1, 0.15) is 0 Å². The molecule has 1 fully saturated rings. The number of nitrogens with one attached hydrogen (secondary N) is 1. The quantitative estimate of drug-likeness (QED) is 0.840. The molecule has 3 rings (SSSR count). The van der Waals surface area contributed by atoms with Crippen LogP contribution in [0.4, 0.5) is 0 Å². The highest BCUT2D eigenvalue weighted by molar-refractivity contribution is 7.89. The largest absolute Gasteiger partial charge is 0.481 e. The topological polar surface area (TPSA) is 103 Å². The lowest BCUT2D eigenvalue weighted by Crippen LogP contribution is -2.52. The summed E-state index contributed by atoms with van der Waals surface area (Å²) in [5.41, 5.74) is 0.636. The van der Waals surface area contributed by atoms with Crippen LogP contribution in [0.15, 0.2) is 29.3 Å². The second kappa shape index (κ2) is 4.04. The summed E-state index contributed by atoms with van der Waals surface area (Å²) in [5.74, 6) is -1.57. The van der Waals surface area contributed by atoms with E-state index in [1.165, 1.54) is 16.4 Å². The Balaban J connectivity index is 1.90. The van der Waals surface area contributed by atoms with Crippen molar-refractivity contribution < 1.29 is 18.3 Å². The van der Waals surface area contributed by atoms with Crippen LogP contribution in [-0.4, -0.2) is 47.1 Å². The Morgan fingerprint density at radius 3 is 2.84 bits per heavy atom. The van der Waals surface area contributed by atoms with Crippen molar-refractivity contribution in [2.24, 2.45) is 5.92 Å². The van der Waals surface area contributed by atoms with E-state index < -0.39 is 21.9 Å². The van der Waals surface area contributed by atoms with Crippen LogP contribution in [0.5, 0.6) is 0 Å². The second-order valence-electron chi connectivity index (χ2n) is 4.48. The third kappa shape index (κ3) is 1.89. The number of aromatic amines is 1. The Morgan fingerprint density at radius 2 is 2.16 bits per heavy atom. The third-order valence-corrected chi connectivity index (χ3v) is 5.08. The number of aromatic nitrogens is 2. The monoisotopic (exact) mass is 281 g/mol. The summed E-state index contributed by atoms with van der Waals surface area (Å²) in [6, 6.07) is 4.67. The molecule has 100 valence electrons. The number of nitrogens with zero attached hydrogens (tertiary/aromatic N) is 2. The highest BCUT2D eigenvalue weighted by atomic mass is 32.2. The maximum absolute atomic E-state index is 12.2. The van der Waals surface area contributed by atoms with Gasteiger partial charge in [-0.1, -0.05) is 0 Å². The van der Waals surface area contributed by atoms with Crippen molar-refractivity contribution in [3.63, 3.8) is 0 Å². The Hall–Kier alpha value is -1.93. The Labute approximate surface area is 108 Å². The van der Waals surface area contributed by atoms with Crippen molar-refractivity contribution in [3.8, 4) is 0 Å². The fraction of sp³-hybridized carbons (Fsp3) is 0.273. The van der Waals surface area contributed by atoms with E-state index >= 15 is 0 Å². The number of hydrogen-bond donors (Lipinski definition) is 2. The summed E-state index contributed by atoms with van der Waals surface area (Å²) in [5, 5.41) is 16.1. The molecule has 1 aliphatic heterocycles. The van der Waals surface area contributed by atoms with Gasteiger partial charge >= 0.3 is 5.97 Å². The van der Waals surface area contributed by atoms with Crippen molar-refractivity contribution in [2.45, 2.75) is 4.90 Å². The molecule has 1 aliphatic rings. The fourth-order valence-electron chi connectivity index (χ4n) is 2.02. The number of carboxylic acids is 1. The highest BCUT2D eigenvalue weighted by Crippen LogP contribution is 2.26. The van der Waals surface area contributed by atoms with Crippen LogP contribution in [0.25, 0.3) is 10.9 Å². The van der Waals surface area contributed by atoms with Gasteiger partial charge in [0.1, 0.15) is 0 Å². The number of carbonyl (C=O) groups is 1. The van der Waals surface area contributed by atoms with Gasteiger partial charge in [0.05, 0.1) is 22.5 Å². The minimum Gasteiger partial charge on any atom is -0.481 e. The van der Waals surface area contributed by atoms with Gasteiger partial charge in [-0.25, -0.2) is 8.42 Å². The van der Waals surface area contributed by atoms with E-state index in [2.05, 4.69) is 10.2 Å². The second-order valence-corrected chi connectivity index (χ2v) is 6.41. The SMILES string of the molecule is O=C(O)C1CN(S(=O)(=O)c2ccc3cn[nH]c3c2)C1. The molecule has 0 spiro atoms. The third-order valence-electron chi connectivity index (χ3n) is 3.25. The van der Waals surface area contributed by atoms with Crippen molar-refractivity contribution in [3.05, 3.63) is 24.4 Å². The van der Waals surface area contributed by atoms with Gasteiger partial charge in [0, 0.05) is 18.5 Å². The zero-order chi connectivity index (χ0) is 13.6. The Morgan fingerprint density at radius 1 is 1.42 bits per heavy atom. The molecule has 2 heterocycles. The average Bonchev–Trinajstić information content (AvgIpc) is 2.72. The van der Waals surface area contributed by atoms with Crippen LogP contribution in [0.3, 0.4) is 0 Å². The first-order valence-electron chi connectivity index (χ1n) is 5.64.